The fraction of sp³-hybridized carbons (Fsp3) is 0.786. The summed E-state index contributed by atoms with van der Waals surface area (Å²) in [5, 5.41) is -6.73. The highest BCUT2D eigenvalue weighted by Gasteiger charge is 2.79. The van der Waals surface area contributed by atoms with E-state index in [0.717, 1.165) is 7.11 Å². The Hall–Kier alpha value is -2.10. The van der Waals surface area contributed by atoms with Crippen LogP contribution in [0.4, 0.5) is 26.3 Å². The van der Waals surface area contributed by atoms with E-state index in [-0.39, 0.29) is 6.42 Å². The van der Waals surface area contributed by atoms with Gasteiger partial charge in [0.05, 0.1) is 24.9 Å². The Morgan fingerprint density at radius 1 is 1.07 bits per heavy atom. The minimum atomic E-state index is -7.29. The minimum Gasteiger partial charge on any atom is -0.743 e. The number of hydrogen-bond acceptors (Lipinski definition) is 9. The largest absolute Gasteiger partial charge is 0.743 e. The van der Waals surface area contributed by atoms with Gasteiger partial charge >= 0.3 is 35.2 Å². The molecule has 0 aromatic heterocycles. The van der Waals surface area contributed by atoms with Crippen LogP contribution >= 0.6 is 0 Å². The predicted molar refractivity (Wildman–Crippen MR) is 74.6 cm³/mol. The van der Waals surface area contributed by atoms with E-state index in [4.69, 9.17) is 4.74 Å². The van der Waals surface area contributed by atoms with Gasteiger partial charge in [0, 0.05) is 5.92 Å². The van der Waals surface area contributed by atoms with Crippen molar-refractivity contribution in [2.24, 2.45) is 29.6 Å². The highest BCUT2D eigenvalue weighted by atomic mass is 32.2. The van der Waals surface area contributed by atoms with Gasteiger partial charge in [0.15, 0.2) is 10.1 Å². The molecule has 3 rings (SSSR count). The molecule has 9 nitrogen and oxygen atoms in total. The monoisotopic (exact) mass is 469 g/mol. The molecule has 1 saturated heterocycles. The molecule has 0 aromatic carbocycles. The highest BCUT2D eigenvalue weighted by Crippen LogP contribution is 2.61. The molecule has 2 bridgehead atoms. The lowest BCUT2D eigenvalue weighted by Gasteiger charge is -2.36. The van der Waals surface area contributed by atoms with Crippen LogP contribution < -0.4 is 0 Å². The molecule has 2 saturated carbocycles. The maximum atomic E-state index is 14.3. The molecule has 0 N–H and O–H groups in total. The lowest BCUT2D eigenvalue weighted by molar-refractivity contribution is -0.369. The number of hydrogen-bond donors (Lipinski definition) is 0. The SMILES string of the molecule is COC(=O)C1C2CC3C(OC(=O)C31)C2C(=O)OC(F)(C(F)(F)F)C(F)(F)S(=O)(=O)[O-]. The Kier molecular flexibility index (Phi) is 4.85. The Balaban J connectivity index is 1.98. The molecule has 0 spiro atoms. The van der Waals surface area contributed by atoms with Crippen molar-refractivity contribution in [2.75, 3.05) is 7.11 Å². The van der Waals surface area contributed by atoms with Crippen molar-refractivity contribution in [3.63, 3.8) is 0 Å². The third-order valence-corrected chi connectivity index (χ3v) is 6.55. The van der Waals surface area contributed by atoms with Crippen molar-refractivity contribution in [3.8, 4) is 0 Å². The molecule has 3 fully saturated rings. The number of carbonyl (C=O) groups excluding carboxylic acids is 3. The van der Waals surface area contributed by atoms with Gasteiger partial charge in [0.25, 0.3) is 0 Å². The fourth-order valence-corrected chi connectivity index (χ4v) is 4.95. The number of esters is 3. The van der Waals surface area contributed by atoms with Gasteiger partial charge in [-0.3, -0.25) is 14.4 Å². The number of fused-ring (bicyclic) bond motifs is 1. The van der Waals surface area contributed by atoms with Crippen LogP contribution in [0, 0.1) is 29.6 Å². The Morgan fingerprint density at radius 3 is 2.10 bits per heavy atom. The maximum absolute atomic E-state index is 14.3. The van der Waals surface area contributed by atoms with E-state index in [1.165, 1.54) is 0 Å². The summed E-state index contributed by atoms with van der Waals surface area (Å²) in [4.78, 5) is 36.2. The minimum absolute atomic E-state index is 0.151. The van der Waals surface area contributed by atoms with E-state index < -0.39 is 81.0 Å². The Bertz CT molecular complexity index is 902. The zero-order valence-electron chi connectivity index (χ0n) is 14.5. The molecule has 0 amide bonds. The highest BCUT2D eigenvalue weighted by molar-refractivity contribution is 7.86. The molecule has 1 aliphatic heterocycles. The van der Waals surface area contributed by atoms with Crippen LogP contribution in [0.1, 0.15) is 6.42 Å². The third-order valence-electron chi connectivity index (χ3n) is 5.66. The molecule has 1 heterocycles. The van der Waals surface area contributed by atoms with E-state index >= 15 is 0 Å². The molecule has 7 unspecified atom stereocenters. The quantitative estimate of drug-likeness (QED) is 0.244. The molecule has 170 valence electrons. The maximum Gasteiger partial charge on any atom is 0.468 e. The second-order valence-corrected chi connectivity index (χ2v) is 8.47. The summed E-state index contributed by atoms with van der Waals surface area (Å²) < 4.78 is 125. The summed E-state index contributed by atoms with van der Waals surface area (Å²) in [5.41, 5.74) is 0. The molecule has 30 heavy (non-hydrogen) atoms. The molecule has 0 radical (unpaired) electrons. The van der Waals surface area contributed by atoms with Crippen LogP contribution in [0.25, 0.3) is 0 Å². The van der Waals surface area contributed by atoms with Crippen LogP contribution in [0.2, 0.25) is 0 Å². The fourth-order valence-electron chi connectivity index (χ4n) is 4.47. The van der Waals surface area contributed by atoms with Gasteiger partial charge in [-0.2, -0.15) is 26.3 Å². The summed E-state index contributed by atoms with van der Waals surface area (Å²) in [6.45, 7) is 0. The summed E-state index contributed by atoms with van der Waals surface area (Å²) in [6, 6.07) is 0. The molecular weight excluding hydrogens is 458 g/mol. The Labute approximate surface area is 163 Å². The first-order valence-corrected chi connectivity index (χ1v) is 9.50. The topological polar surface area (TPSA) is 136 Å². The molecule has 16 heteroatoms. The van der Waals surface area contributed by atoms with Crippen molar-refractivity contribution >= 4 is 28.0 Å². The van der Waals surface area contributed by atoms with Crippen molar-refractivity contribution in [3.05, 3.63) is 0 Å². The zero-order valence-corrected chi connectivity index (χ0v) is 15.3. The molecular formula is C14H11F6O9S-. The molecule has 2 aliphatic carbocycles. The summed E-state index contributed by atoms with van der Waals surface area (Å²) >= 11 is 0. The number of rotatable bonds is 5. The predicted octanol–water partition coefficient (Wildman–Crippen LogP) is 0.492. The third kappa shape index (κ3) is 2.79. The van der Waals surface area contributed by atoms with Crippen molar-refractivity contribution in [2.45, 2.75) is 29.8 Å². The number of halogens is 6. The molecule has 7 atom stereocenters. The molecule has 3 aliphatic rings. The van der Waals surface area contributed by atoms with E-state index in [0.29, 0.717) is 0 Å². The first-order chi connectivity index (χ1) is 13.5. The van der Waals surface area contributed by atoms with E-state index in [2.05, 4.69) is 9.47 Å². The summed E-state index contributed by atoms with van der Waals surface area (Å²) in [7, 11) is -6.37. The summed E-state index contributed by atoms with van der Waals surface area (Å²) in [6.07, 6.45) is -8.49. The normalized spacial score (nSPS) is 35.0. The van der Waals surface area contributed by atoms with Crippen LogP contribution in [-0.4, -0.2) is 61.4 Å². The average Bonchev–Trinajstić information content (AvgIpc) is 3.20. The number of ether oxygens (including phenoxy) is 3. The van der Waals surface area contributed by atoms with Crippen LogP contribution in [0.3, 0.4) is 0 Å². The van der Waals surface area contributed by atoms with Crippen molar-refractivity contribution in [1.29, 1.82) is 0 Å². The second kappa shape index (κ2) is 6.45. The second-order valence-electron chi connectivity index (χ2n) is 7.05. The van der Waals surface area contributed by atoms with E-state index in [1.807, 2.05) is 0 Å². The van der Waals surface area contributed by atoms with Crippen molar-refractivity contribution < 1.29 is 67.9 Å². The lowest BCUT2D eigenvalue weighted by atomic mass is 9.74. The first kappa shape index (κ1) is 22.6. The van der Waals surface area contributed by atoms with Crippen LogP contribution in [0.5, 0.6) is 0 Å². The molecule has 0 aromatic rings. The number of carbonyl (C=O) groups is 3. The van der Waals surface area contributed by atoms with Gasteiger partial charge in [-0.15, -0.1) is 0 Å². The smallest absolute Gasteiger partial charge is 0.468 e. The standard InChI is InChI=1S/C14H12F6O9S/c1-27-9(21)5-3-2-4-6(5)10(22)28-8(4)7(3)11(23)29-12(15,13(16,17)18)14(19,20)30(24,25)26/h3-8H,2H2,1H3,(H,24,25,26)/p-1. The van der Waals surface area contributed by atoms with Crippen LogP contribution in [0.15, 0.2) is 0 Å². The van der Waals surface area contributed by atoms with Crippen LogP contribution in [-0.2, 0) is 38.7 Å². The zero-order chi connectivity index (χ0) is 23.0. The van der Waals surface area contributed by atoms with Gasteiger partial charge in [-0.25, -0.2) is 8.42 Å². The van der Waals surface area contributed by atoms with Crippen molar-refractivity contribution in [1.82, 2.24) is 0 Å². The van der Waals surface area contributed by atoms with Gasteiger partial charge < -0.3 is 18.8 Å². The van der Waals surface area contributed by atoms with Gasteiger partial charge in [0.1, 0.15) is 6.10 Å². The lowest BCUT2D eigenvalue weighted by Crippen LogP contribution is -2.62. The number of methoxy groups -OCH3 is 1. The van der Waals surface area contributed by atoms with Gasteiger partial charge in [0.2, 0.25) is 0 Å². The van der Waals surface area contributed by atoms with E-state index in [1.54, 1.807) is 0 Å². The van der Waals surface area contributed by atoms with Gasteiger partial charge in [-0.05, 0) is 12.3 Å². The first-order valence-electron chi connectivity index (χ1n) is 8.09. The van der Waals surface area contributed by atoms with E-state index in [9.17, 15) is 53.7 Å². The summed E-state index contributed by atoms with van der Waals surface area (Å²) in [5.74, 6) is -17.6. The number of alkyl halides is 6. The Morgan fingerprint density at radius 2 is 1.63 bits per heavy atom. The average molecular weight is 469 g/mol. The van der Waals surface area contributed by atoms with Gasteiger partial charge in [-0.1, -0.05) is 0 Å².